The van der Waals surface area contributed by atoms with Crippen LogP contribution in [0.5, 0.6) is 0 Å². The van der Waals surface area contributed by atoms with Gasteiger partial charge in [-0.05, 0) is 26.3 Å². The fourth-order valence-corrected chi connectivity index (χ4v) is 2.37. The molecule has 1 atom stereocenters. The normalized spacial score (nSPS) is 19.7. The number of nitrogens with one attached hydrogen (secondary N) is 1. The molecule has 0 aromatic carbocycles. The monoisotopic (exact) mass is 264 g/mol. The van der Waals surface area contributed by atoms with Gasteiger partial charge in [0.1, 0.15) is 5.82 Å². The van der Waals surface area contributed by atoms with Gasteiger partial charge in [-0.25, -0.2) is 4.98 Å². The van der Waals surface area contributed by atoms with E-state index < -0.39 is 0 Å². The molecule has 0 amide bonds. The molecule has 1 aromatic heterocycles. The lowest BCUT2D eigenvalue weighted by molar-refractivity contribution is 0.0525. The molecule has 1 aromatic rings. The summed E-state index contributed by atoms with van der Waals surface area (Å²) < 4.78 is 5.71. The molecule has 2 rings (SSSR count). The van der Waals surface area contributed by atoms with E-state index in [1.54, 1.807) is 0 Å². The minimum atomic E-state index is 0.335. The molecule has 1 aliphatic rings. The second-order valence-electron chi connectivity index (χ2n) is 4.81. The number of anilines is 1. The van der Waals surface area contributed by atoms with Crippen LogP contribution >= 0.6 is 0 Å². The van der Waals surface area contributed by atoms with Gasteiger partial charge in [0.2, 0.25) is 0 Å². The lowest BCUT2D eigenvalue weighted by Gasteiger charge is -2.33. The van der Waals surface area contributed by atoms with Crippen LogP contribution in [0.3, 0.4) is 0 Å². The van der Waals surface area contributed by atoms with Gasteiger partial charge in [-0.3, -0.25) is 4.98 Å². The van der Waals surface area contributed by atoms with E-state index in [0.717, 1.165) is 57.1 Å². The first kappa shape index (κ1) is 14.2. The predicted octanol–water partition coefficient (Wildman–Crippen LogP) is 1.59. The van der Waals surface area contributed by atoms with Gasteiger partial charge in [0.25, 0.3) is 0 Å². The minimum absolute atomic E-state index is 0.335. The molecule has 19 heavy (non-hydrogen) atoms. The highest BCUT2D eigenvalue weighted by Crippen LogP contribution is 2.18. The van der Waals surface area contributed by atoms with E-state index >= 15 is 0 Å². The first-order valence-electron chi connectivity index (χ1n) is 7.21. The van der Waals surface area contributed by atoms with Gasteiger partial charge in [-0.1, -0.05) is 6.92 Å². The fourth-order valence-electron chi connectivity index (χ4n) is 2.37. The number of aromatic nitrogens is 2. The number of piperidine rings is 1. The average molecular weight is 264 g/mol. The standard InChI is InChI=1S/C14H24N4O/c1-3-15-8-12-9-17-14(10-16-12)18-7-5-6-13(11-18)19-4-2/h9-10,13,15H,3-8,11H2,1-2H3. The van der Waals surface area contributed by atoms with Crippen LogP contribution in [-0.2, 0) is 11.3 Å². The lowest BCUT2D eigenvalue weighted by Crippen LogP contribution is -2.40. The van der Waals surface area contributed by atoms with Gasteiger partial charge in [0.15, 0.2) is 0 Å². The molecular weight excluding hydrogens is 240 g/mol. The fraction of sp³-hybridized carbons (Fsp3) is 0.714. The number of ether oxygens (including phenoxy) is 1. The van der Waals surface area contributed by atoms with E-state index in [2.05, 4.69) is 27.1 Å². The van der Waals surface area contributed by atoms with Crippen molar-refractivity contribution in [2.75, 3.05) is 31.1 Å². The molecule has 0 radical (unpaired) electrons. The largest absolute Gasteiger partial charge is 0.377 e. The Morgan fingerprint density at radius 2 is 2.26 bits per heavy atom. The van der Waals surface area contributed by atoms with Crippen LogP contribution in [0.25, 0.3) is 0 Å². The van der Waals surface area contributed by atoms with E-state index in [1.807, 2.05) is 19.3 Å². The van der Waals surface area contributed by atoms with Gasteiger partial charge in [0.05, 0.1) is 24.2 Å². The summed E-state index contributed by atoms with van der Waals surface area (Å²) in [6.07, 6.45) is 6.38. The SMILES string of the molecule is CCNCc1cnc(N2CCCC(OCC)C2)cn1. The minimum Gasteiger partial charge on any atom is -0.377 e. The Hall–Kier alpha value is -1.20. The third-order valence-corrected chi connectivity index (χ3v) is 3.35. The van der Waals surface area contributed by atoms with Crippen molar-refractivity contribution in [3.05, 3.63) is 18.1 Å². The molecule has 1 aliphatic heterocycles. The molecule has 1 saturated heterocycles. The quantitative estimate of drug-likeness (QED) is 0.845. The third kappa shape index (κ3) is 4.14. The highest BCUT2D eigenvalue weighted by Gasteiger charge is 2.21. The Kier molecular flexibility index (Phi) is 5.54. The van der Waals surface area contributed by atoms with Gasteiger partial charge in [-0.2, -0.15) is 0 Å². The second-order valence-corrected chi connectivity index (χ2v) is 4.81. The Balaban J connectivity index is 1.93. The molecule has 0 spiro atoms. The molecule has 0 aliphatic carbocycles. The van der Waals surface area contributed by atoms with Crippen molar-refractivity contribution < 1.29 is 4.74 Å². The Morgan fingerprint density at radius 1 is 1.37 bits per heavy atom. The van der Waals surface area contributed by atoms with E-state index in [1.165, 1.54) is 0 Å². The van der Waals surface area contributed by atoms with Crippen LogP contribution in [0.15, 0.2) is 12.4 Å². The van der Waals surface area contributed by atoms with Gasteiger partial charge in [-0.15, -0.1) is 0 Å². The summed E-state index contributed by atoms with van der Waals surface area (Å²) in [4.78, 5) is 11.2. The molecule has 1 N–H and O–H groups in total. The highest BCUT2D eigenvalue weighted by atomic mass is 16.5. The van der Waals surface area contributed by atoms with Crippen LogP contribution in [-0.4, -0.2) is 42.3 Å². The third-order valence-electron chi connectivity index (χ3n) is 3.35. The number of hydrogen-bond acceptors (Lipinski definition) is 5. The van der Waals surface area contributed by atoms with E-state index in [-0.39, 0.29) is 0 Å². The number of nitrogens with zero attached hydrogens (tertiary/aromatic N) is 3. The van der Waals surface area contributed by atoms with E-state index in [9.17, 15) is 0 Å². The molecular formula is C14H24N4O. The molecule has 1 fully saturated rings. The maximum atomic E-state index is 5.71. The van der Waals surface area contributed by atoms with Crippen molar-refractivity contribution in [2.45, 2.75) is 39.3 Å². The summed E-state index contributed by atoms with van der Waals surface area (Å²) in [6, 6.07) is 0. The van der Waals surface area contributed by atoms with Gasteiger partial charge < -0.3 is 15.0 Å². The summed E-state index contributed by atoms with van der Waals surface area (Å²) in [5.74, 6) is 0.963. The van der Waals surface area contributed by atoms with Crippen LogP contribution in [0.2, 0.25) is 0 Å². The second kappa shape index (κ2) is 7.40. The Morgan fingerprint density at radius 3 is 2.95 bits per heavy atom. The summed E-state index contributed by atoms with van der Waals surface area (Å²) in [5, 5.41) is 3.25. The molecule has 5 heteroatoms. The van der Waals surface area contributed by atoms with Crippen molar-refractivity contribution >= 4 is 5.82 Å². The maximum absolute atomic E-state index is 5.71. The molecule has 2 heterocycles. The Labute approximate surface area is 115 Å². The van der Waals surface area contributed by atoms with Gasteiger partial charge >= 0.3 is 0 Å². The molecule has 1 unspecified atom stereocenters. The number of rotatable bonds is 6. The van der Waals surface area contributed by atoms with Crippen molar-refractivity contribution in [3.8, 4) is 0 Å². The average Bonchev–Trinajstić information content (AvgIpc) is 2.46. The first-order valence-corrected chi connectivity index (χ1v) is 7.21. The maximum Gasteiger partial charge on any atom is 0.147 e. The summed E-state index contributed by atoms with van der Waals surface area (Å²) in [5.41, 5.74) is 0.990. The highest BCUT2D eigenvalue weighted by molar-refractivity contribution is 5.36. The van der Waals surface area contributed by atoms with Crippen LogP contribution in [0, 0.1) is 0 Å². The van der Waals surface area contributed by atoms with Crippen molar-refractivity contribution in [1.82, 2.24) is 15.3 Å². The van der Waals surface area contributed by atoms with E-state index in [4.69, 9.17) is 4.74 Å². The van der Waals surface area contributed by atoms with E-state index in [0.29, 0.717) is 6.10 Å². The molecule has 5 nitrogen and oxygen atoms in total. The molecule has 0 bridgehead atoms. The summed E-state index contributed by atoms with van der Waals surface area (Å²) in [6.45, 7) is 8.63. The van der Waals surface area contributed by atoms with Crippen molar-refractivity contribution in [1.29, 1.82) is 0 Å². The Bertz CT molecular complexity index is 366. The summed E-state index contributed by atoms with van der Waals surface area (Å²) in [7, 11) is 0. The lowest BCUT2D eigenvalue weighted by atomic mass is 10.1. The smallest absolute Gasteiger partial charge is 0.147 e. The van der Waals surface area contributed by atoms with Crippen molar-refractivity contribution in [3.63, 3.8) is 0 Å². The zero-order chi connectivity index (χ0) is 13.5. The van der Waals surface area contributed by atoms with Crippen LogP contribution < -0.4 is 10.2 Å². The zero-order valence-electron chi connectivity index (χ0n) is 11.9. The summed E-state index contributed by atoms with van der Waals surface area (Å²) >= 11 is 0. The van der Waals surface area contributed by atoms with Crippen LogP contribution in [0.1, 0.15) is 32.4 Å². The molecule has 0 saturated carbocycles. The molecule has 106 valence electrons. The number of hydrogen-bond donors (Lipinski definition) is 1. The van der Waals surface area contributed by atoms with Gasteiger partial charge in [0, 0.05) is 26.2 Å². The zero-order valence-corrected chi connectivity index (χ0v) is 11.9. The van der Waals surface area contributed by atoms with Crippen LogP contribution in [0.4, 0.5) is 5.82 Å². The predicted molar refractivity (Wildman–Crippen MR) is 76.3 cm³/mol. The topological polar surface area (TPSA) is 50.3 Å². The first-order chi connectivity index (χ1) is 9.33. The van der Waals surface area contributed by atoms with Crippen molar-refractivity contribution in [2.24, 2.45) is 0 Å².